The van der Waals surface area contributed by atoms with Crippen LogP contribution in [0.1, 0.15) is 132 Å². The van der Waals surface area contributed by atoms with Crippen molar-refractivity contribution in [3.8, 4) is 23.0 Å². The first-order valence-corrected chi connectivity index (χ1v) is 46.3. The summed E-state index contributed by atoms with van der Waals surface area (Å²) in [5, 5.41) is 31.0. The van der Waals surface area contributed by atoms with Gasteiger partial charge in [0, 0.05) is 87.5 Å². The maximum atomic E-state index is 14.4. The Kier molecular flexibility index (Phi) is 45.9. The van der Waals surface area contributed by atoms with Crippen molar-refractivity contribution in [3.63, 3.8) is 0 Å². The minimum absolute atomic E-state index is 0.00636. The predicted molar refractivity (Wildman–Crippen MR) is 500 cm³/mol. The Morgan fingerprint density at radius 1 is 0.442 bits per heavy atom. The van der Waals surface area contributed by atoms with E-state index in [1.807, 2.05) is 13.8 Å². The van der Waals surface area contributed by atoms with Gasteiger partial charge in [-0.2, -0.15) is 0 Å². The van der Waals surface area contributed by atoms with Crippen LogP contribution in [0, 0.1) is 11.8 Å². The number of nitrogens with zero attached hydrogens (tertiary/aromatic N) is 5. The molecular weight excluding hydrogens is 1800 g/mol. The molecule has 0 aliphatic carbocycles. The molecule has 0 radical (unpaired) electrons. The Morgan fingerprint density at radius 2 is 0.891 bits per heavy atom. The minimum atomic E-state index is -1.59. The van der Waals surface area contributed by atoms with Gasteiger partial charge in [-0.05, 0) is 112 Å². The zero-order valence-electron chi connectivity index (χ0n) is 80.1. The summed E-state index contributed by atoms with van der Waals surface area (Å²) in [4.78, 5) is 178. The highest BCUT2D eigenvalue weighted by Gasteiger charge is 2.46. The number of nitrogens with one attached hydrogen (secondary N) is 7. The largest absolute Gasteiger partial charge is 0.493 e. The number of imide groups is 1. The van der Waals surface area contributed by atoms with E-state index in [4.69, 9.17) is 75.8 Å². The summed E-state index contributed by atoms with van der Waals surface area (Å²) in [6, 6.07) is 14.9. The molecule has 0 spiro atoms. The van der Waals surface area contributed by atoms with Gasteiger partial charge in [-0.25, -0.2) is 14.5 Å². The van der Waals surface area contributed by atoms with Crippen molar-refractivity contribution < 1.29 is 143 Å². The molecule has 0 unspecified atom stereocenters. The number of hydrogen-bond donors (Lipinski definition) is 8. The molecule has 42 heteroatoms. The quantitative estimate of drug-likeness (QED) is 0.0186. The highest BCUT2D eigenvalue weighted by atomic mass is 16.6. The normalized spacial score (nSPS) is 16.0. The molecule has 4 aromatic rings. The summed E-state index contributed by atoms with van der Waals surface area (Å²) in [5.41, 5.74) is 4.05. The molecular formula is C96H132N12O30. The lowest BCUT2D eigenvalue weighted by Crippen LogP contribution is -2.53. The third-order valence-corrected chi connectivity index (χ3v) is 22.2. The van der Waals surface area contributed by atoms with Gasteiger partial charge in [0.2, 0.25) is 41.4 Å². The van der Waals surface area contributed by atoms with E-state index < -0.39 is 102 Å². The number of aliphatic hydroxyl groups is 1. The number of fused-ring (bicyclic) bond motifs is 4. The number of ether oxygens (including phenoxy) is 16. The van der Waals surface area contributed by atoms with Crippen LogP contribution < -0.4 is 66.0 Å². The highest BCUT2D eigenvalue weighted by molar-refractivity contribution is 6.13. The lowest BCUT2D eigenvalue weighted by molar-refractivity contribution is -0.137. The number of carbonyl (C=O) groups is 13. The number of carbonyl (C=O) groups excluding carboxylic acids is 13. The third-order valence-electron chi connectivity index (χ3n) is 22.2. The average Bonchev–Trinajstić information content (AvgIpc) is 1.59. The molecule has 5 aliphatic heterocycles. The van der Waals surface area contributed by atoms with Gasteiger partial charge in [-0.3, -0.25) is 62.5 Å². The molecule has 42 nitrogen and oxygen atoms in total. The fraction of sp³-hybridized carbons (Fsp3) is 0.552. The number of benzene rings is 4. The van der Waals surface area contributed by atoms with Crippen LogP contribution in [-0.2, 0) is 113 Å². The molecule has 4 aromatic carbocycles. The van der Waals surface area contributed by atoms with Crippen molar-refractivity contribution in [2.24, 2.45) is 11.8 Å². The van der Waals surface area contributed by atoms with E-state index in [0.717, 1.165) is 20.9 Å². The second-order valence-corrected chi connectivity index (χ2v) is 33.5. The van der Waals surface area contributed by atoms with E-state index in [-0.39, 0.29) is 173 Å². The Labute approximate surface area is 802 Å². The lowest BCUT2D eigenvalue weighted by Gasteiger charge is -2.31. The van der Waals surface area contributed by atoms with Gasteiger partial charge in [0.05, 0.1) is 201 Å². The molecule has 756 valence electrons. The van der Waals surface area contributed by atoms with Crippen molar-refractivity contribution in [1.82, 2.24) is 41.3 Å². The summed E-state index contributed by atoms with van der Waals surface area (Å²) in [7, 11) is 4.40. The first-order valence-electron chi connectivity index (χ1n) is 46.3. The summed E-state index contributed by atoms with van der Waals surface area (Å²) in [5.74, 6) is -4.71. The molecule has 8 N–H and O–H groups in total. The Morgan fingerprint density at radius 3 is 1.40 bits per heavy atom. The van der Waals surface area contributed by atoms with Crippen LogP contribution in [-0.4, -0.2) is 320 Å². The highest BCUT2D eigenvalue weighted by Crippen LogP contribution is 2.44. The first-order chi connectivity index (χ1) is 66.5. The number of unbranched alkanes of at least 4 members (excludes halogenated alkanes) is 2. The standard InChI is InChI=1S/C96H132N12O30/c1-62(2)87(102-82(110)26-32-127-36-38-129-40-42-131-44-46-133-48-49-134-47-45-132-43-41-130-39-37-128-33-27-97-81(109)24-28-104-85(113)22-23-86(104)114)90(116)98-56-84(112)100-69-18-14-68(15-19-69)61-138-96(122)108-75-55-80(78(125-10)53-73(75)93(119)106-58-65(6)51-76(106)94(108)120)136-30-13-11-12-29-135-79-54-74-72(52-77(79)124-9)92(118)105-57-64(5)50-71(105)59-107(74)95(121)137-60-67-16-20-70(21-17-67)101-89(115)66(7)99-91(117)88(63(3)4)103-83(111)25-31-126-35-34-123-8/h14-23,52-55,57-58,62-63,66,71,76,87-88,94,120H,11-13,24-51,56,59-61H2,1-10H3,(H,97,109)(H,98,116)(H,99,117)(H,100,112)(H,101,115)(H,102,110)(H,103,111)/t66-,71-,76-,87-,88-,94-/m0/s1. The number of anilines is 4. The number of amides is 13. The third kappa shape index (κ3) is 34.7. The van der Waals surface area contributed by atoms with Gasteiger partial charge in [-0.1, -0.05) is 63.1 Å². The summed E-state index contributed by atoms with van der Waals surface area (Å²) < 4.78 is 90.4. The monoisotopic (exact) mass is 1930 g/mol. The van der Waals surface area contributed by atoms with Crippen LogP contribution in [0.25, 0.3) is 0 Å². The van der Waals surface area contributed by atoms with Crippen molar-refractivity contribution in [2.75, 3.05) is 207 Å². The molecule has 0 fully saturated rings. The minimum Gasteiger partial charge on any atom is -0.493 e. The molecule has 0 saturated carbocycles. The SMILES string of the molecule is COCCOCCC(=O)N[C@H](C(=O)N[C@@H](C)C(=O)Nc1ccc(COC(=O)N2C[C@@H]3CC(C)=CN3C(=O)c3cc(OC)c(OCCCCCOc4cc5c(cc4OC)C(=O)N4C=C(C)C[C@H]4[C@H](O)N5C(=O)OCc4ccc(NC(=O)CNC(=O)[C@@H](NC(=O)CCOCCOCCOCCOCCOCCOCCOCCOCCNC(=O)CCN5C(=O)C=CC5=O)C(C)C)cc4)cc32)cc1)C(C)C. The lowest BCUT2D eigenvalue weighted by atomic mass is 10.0. The first kappa shape index (κ1) is 109. The fourth-order valence-corrected chi connectivity index (χ4v) is 14.8. The Hall–Kier alpha value is -12.2. The molecule has 5 heterocycles. The van der Waals surface area contributed by atoms with E-state index in [9.17, 15) is 67.4 Å². The second kappa shape index (κ2) is 57.8. The number of methoxy groups -OCH3 is 3. The van der Waals surface area contributed by atoms with Gasteiger partial charge in [0.1, 0.15) is 31.3 Å². The molecule has 5 aliphatic rings. The van der Waals surface area contributed by atoms with E-state index >= 15 is 0 Å². The Bertz CT molecular complexity index is 4800. The average molecular weight is 1930 g/mol. The van der Waals surface area contributed by atoms with Gasteiger partial charge in [0.25, 0.3) is 23.6 Å². The molecule has 138 heavy (non-hydrogen) atoms. The smallest absolute Gasteiger partial charge is 0.416 e. The molecule has 0 bridgehead atoms. The fourth-order valence-electron chi connectivity index (χ4n) is 14.8. The second-order valence-electron chi connectivity index (χ2n) is 33.5. The van der Waals surface area contributed by atoms with E-state index in [0.29, 0.717) is 147 Å². The van der Waals surface area contributed by atoms with Crippen LogP contribution in [0.3, 0.4) is 0 Å². The molecule has 13 amide bonds. The van der Waals surface area contributed by atoms with Crippen molar-refractivity contribution >= 4 is 99.9 Å². The van der Waals surface area contributed by atoms with Gasteiger partial charge < -0.3 is 128 Å². The summed E-state index contributed by atoms with van der Waals surface area (Å²) in [6.45, 7) is 18.2. The zero-order chi connectivity index (χ0) is 99.4. The molecule has 6 atom stereocenters. The van der Waals surface area contributed by atoms with Crippen LogP contribution in [0.4, 0.5) is 32.3 Å². The van der Waals surface area contributed by atoms with E-state index in [1.165, 1.54) is 55.2 Å². The maximum absolute atomic E-state index is 14.4. The molecule has 9 rings (SSSR count). The zero-order valence-corrected chi connectivity index (χ0v) is 80.1. The van der Waals surface area contributed by atoms with Crippen LogP contribution in [0.5, 0.6) is 23.0 Å². The van der Waals surface area contributed by atoms with Gasteiger partial charge >= 0.3 is 12.2 Å². The Balaban J connectivity index is 0.645. The van der Waals surface area contributed by atoms with Crippen molar-refractivity contribution in [3.05, 3.63) is 131 Å². The van der Waals surface area contributed by atoms with Crippen LogP contribution in [0.2, 0.25) is 0 Å². The number of aliphatic hydroxyl groups excluding tert-OH is 1. The van der Waals surface area contributed by atoms with E-state index in [2.05, 4.69) is 37.2 Å². The van der Waals surface area contributed by atoms with Crippen LogP contribution >= 0.6 is 0 Å². The maximum Gasteiger partial charge on any atom is 0.416 e. The van der Waals surface area contributed by atoms with Crippen molar-refractivity contribution in [2.45, 2.75) is 149 Å². The number of hydrogen-bond acceptors (Lipinski definition) is 30. The van der Waals surface area contributed by atoms with Crippen molar-refractivity contribution in [1.29, 1.82) is 0 Å². The topological polar surface area (TPSA) is 490 Å². The summed E-state index contributed by atoms with van der Waals surface area (Å²) in [6.07, 6.45) is 4.80. The molecule has 0 saturated heterocycles. The van der Waals surface area contributed by atoms with E-state index in [1.54, 1.807) is 113 Å². The van der Waals surface area contributed by atoms with Crippen LogP contribution in [0.15, 0.2) is 108 Å². The summed E-state index contributed by atoms with van der Waals surface area (Å²) >= 11 is 0. The molecule has 0 aromatic heterocycles. The van der Waals surface area contributed by atoms with Gasteiger partial charge in [-0.15, -0.1) is 0 Å². The predicted octanol–water partition coefficient (Wildman–Crippen LogP) is 5.99. The number of rotatable bonds is 62. The van der Waals surface area contributed by atoms with Gasteiger partial charge in [0.15, 0.2) is 29.2 Å².